The predicted octanol–water partition coefficient (Wildman–Crippen LogP) is 3.51. The fraction of sp³-hybridized carbons (Fsp3) is 0.333. The van der Waals surface area contributed by atoms with Crippen molar-refractivity contribution in [3.8, 4) is 6.07 Å². The lowest BCUT2D eigenvalue weighted by Crippen LogP contribution is -2.38. The first kappa shape index (κ1) is 14.2. The first-order valence-electron chi connectivity index (χ1n) is 6.72. The molecule has 0 amide bonds. The summed E-state index contributed by atoms with van der Waals surface area (Å²) in [4.78, 5) is 4.49. The maximum absolute atomic E-state index is 9.32. The zero-order chi connectivity index (χ0) is 15.0. The largest absolute Gasteiger partial charge is 0.372 e. The van der Waals surface area contributed by atoms with Crippen LogP contribution in [0.25, 0.3) is 0 Å². The molecule has 1 atom stereocenters. The molecule has 21 heavy (non-hydrogen) atoms. The van der Waals surface area contributed by atoms with E-state index in [1.807, 2.05) is 6.07 Å². The lowest BCUT2D eigenvalue weighted by Gasteiger charge is -2.29. The Labute approximate surface area is 133 Å². The number of hydrogen-bond donors (Lipinski definition) is 0. The Morgan fingerprint density at radius 1 is 1.43 bits per heavy atom. The molecular weight excluding hydrogens is 304 g/mol. The van der Waals surface area contributed by atoms with Crippen molar-refractivity contribution < 1.29 is 0 Å². The van der Waals surface area contributed by atoms with Gasteiger partial charge in [-0.3, -0.25) is 0 Å². The van der Waals surface area contributed by atoms with E-state index in [9.17, 15) is 5.26 Å². The van der Waals surface area contributed by atoms with Crippen molar-refractivity contribution in [3.05, 3.63) is 40.5 Å². The van der Waals surface area contributed by atoms with Crippen LogP contribution in [-0.4, -0.2) is 24.0 Å². The summed E-state index contributed by atoms with van der Waals surface area (Å²) in [6, 6.07) is 10.8. The highest BCUT2D eigenvalue weighted by atomic mass is 35.5. The fourth-order valence-electron chi connectivity index (χ4n) is 2.77. The van der Waals surface area contributed by atoms with Crippen molar-refractivity contribution in [2.24, 2.45) is 0 Å². The highest BCUT2D eigenvalue weighted by molar-refractivity contribution is 7.10. The first-order valence-corrected chi connectivity index (χ1v) is 7.88. The second-order valence-electron chi connectivity index (χ2n) is 5.25. The van der Waals surface area contributed by atoms with E-state index in [0.29, 0.717) is 10.7 Å². The topological polar surface area (TPSA) is 43.2 Å². The molecule has 0 bridgehead atoms. The fourth-order valence-corrected chi connectivity index (χ4v) is 3.91. The van der Waals surface area contributed by atoms with Gasteiger partial charge in [-0.1, -0.05) is 29.8 Å². The number of para-hydroxylation sites is 1. The minimum Gasteiger partial charge on any atom is -0.372 e. The third-order valence-corrected chi connectivity index (χ3v) is 5.08. The molecule has 1 aromatic heterocycles. The number of likely N-dealkylation sites (N-methyl/N-ethyl adjacent to an activating group) is 1. The number of benzene rings is 1. The van der Waals surface area contributed by atoms with Crippen LogP contribution in [0.15, 0.2) is 24.3 Å². The van der Waals surface area contributed by atoms with Gasteiger partial charge < -0.3 is 9.80 Å². The quantitative estimate of drug-likeness (QED) is 0.807. The Hall–Kier alpha value is -1.77. The third-order valence-electron chi connectivity index (χ3n) is 3.82. The Balaban J connectivity index is 2.06. The zero-order valence-corrected chi connectivity index (χ0v) is 13.4. The summed E-state index contributed by atoms with van der Waals surface area (Å²) >= 11 is 7.32. The van der Waals surface area contributed by atoms with E-state index < -0.39 is 0 Å². The molecule has 108 valence electrons. The molecule has 4 nitrogen and oxygen atoms in total. The molecule has 0 fully saturated rings. The Kier molecular flexibility index (Phi) is 3.75. The molecule has 1 aliphatic heterocycles. The van der Waals surface area contributed by atoms with Gasteiger partial charge in [0.25, 0.3) is 0 Å². The average molecular weight is 319 g/mol. The number of halogens is 1. The summed E-state index contributed by atoms with van der Waals surface area (Å²) in [5, 5.41) is 10.5. The van der Waals surface area contributed by atoms with E-state index in [1.165, 1.54) is 22.8 Å². The molecule has 1 aliphatic rings. The lowest BCUT2D eigenvalue weighted by atomic mass is 10.1. The van der Waals surface area contributed by atoms with Gasteiger partial charge in [0, 0.05) is 31.9 Å². The Morgan fingerprint density at radius 2 is 2.19 bits per heavy atom. The molecular formula is C15H15ClN4S. The Morgan fingerprint density at radius 3 is 2.95 bits per heavy atom. The number of fused-ring (bicyclic) bond motifs is 1. The normalized spacial score (nSPS) is 18.1. The summed E-state index contributed by atoms with van der Waals surface area (Å²) < 4.78 is 4.13. The highest BCUT2D eigenvalue weighted by Gasteiger charge is 2.27. The molecule has 1 aromatic carbocycles. The number of rotatable bonds is 1. The van der Waals surface area contributed by atoms with Gasteiger partial charge in [0.2, 0.25) is 0 Å². The average Bonchev–Trinajstić information content (AvgIpc) is 2.79. The van der Waals surface area contributed by atoms with E-state index in [1.54, 1.807) is 0 Å². The smallest absolute Gasteiger partial charge is 0.162 e. The highest BCUT2D eigenvalue weighted by Crippen LogP contribution is 2.36. The van der Waals surface area contributed by atoms with Gasteiger partial charge in [0.15, 0.2) is 5.15 Å². The van der Waals surface area contributed by atoms with E-state index in [2.05, 4.69) is 52.4 Å². The molecule has 6 heteroatoms. The standard InChI is InChI=1S/C15H15ClN4S/c1-10-8-19(2)13-6-4-3-5-11(13)9-20(10)15-12(7-17)14(16)18-21-15/h3-6,10H,8-9H2,1-2H3. The van der Waals surface area contributed by atoms with E-state index in [0.717, 1.165) is 18.1 Å². The van der Waals surface area contributed by atoms with Crippen LogP contribution in [0.4, 0.5) is 10.7 Å². The van der Waals surface area contributed by atoms with Crippen LogP contribution >= 0.6 is 23.1 Å². The monoisotopic (exact) mass is 318 g/mol. The maximum atomic E-state index is 9.32. The minimum atomic E-state index is 0.269. The number of anilines is 2. The summed E-state index contributed by atoms with van der Waals surface area (Å²) in [5.74, 6) is 0. The summed E-state index contributed by atoms with van der Waals surface area (Å²) in [7, 11) is 2.10. The molecule has 1 unspecified atom stereocenters. The Bertz CT molecular complexity index is 706. The van der Waals surface area contributed by atoms with Gasteiger partial charge >= 0.3 is 0 Å². The van der Waals surface area contributed by atoms with Gasteiger partial charge in [-0.05, 0) is 30.1 Å². The number of nitriles is 1. The summed E-state index contributed by atoms with van der Waals surface area (Å²) in [6.45, 7) is 3.81. The van der Waals surface area contributed by atoms with Crippen LogP contribution in [0.3, 0.4) is 0 Å². The molecule has 0 saturated carbocycles. The third kappa shape index (κ3) is 2.45. The molecule has 0 radical (unpaired) electrons. The molecule has 0 aliphatic carbocycles. The second kappa shape index (κ2) is 5.55. The van der Waals surface area contributed by atoms with Crippen molar-refractivity contribution in [3.63, 3.8) is 0 Å². The zero-order valence-electron chi connectivity index (χ0n) is 11.9. The molecule has 2 heterocycles. The van der Waals surface area contributed by atoms with E-state index >= 15 is 0 Å². The minimum absolute atomic E-state index is 0.269. The van der Waals surface area contributed by atoms with Gasteiger partial charge in [-0.25, -0.2) is 0 Å². The number of nitrogens with zero attached hydrogens (tertiary/aromatic N) is 4. The van der Waals surface area contributed by atoms with Crippen molar-refractivity contribution in [1.82, 2.24) is 4.37 Å². The van der Waals surface area contributed by atoms with Gasteiger partial charge in [-0.15, -0.1) is 0 Å². The van der Waals surface area contributed by atoms with Crippen LogP contribution in [0, 0.1) is 11.3 Å². The van der Waals surface area contributed by atoms with E-state index in [4.69, 9.17) is 11.6 Å². The van der Waals surface area contributed by atoms with Crippen molar-refractivity contribution >= 4 is 33.8 Å². The van der Waals surface area contributed by atoms with Crippen molar-refractivity contribution in [2.45, 2.75) is 19.5 Å². The van der Waals surface area contributed by atoms with Crippen LogP contribution in [-0.2, 0) is 6.54 Å². The SMILES string of the molecule is CC1CN(C)c2ccccc2CN1c1snc(Cl)c1C#N. The molecule has 0 spiro atoms. The van der Waals surface area contributed by atoms with Crippen LogP contribution in [0.5, 0.6) is 0 Å². The predicted molar refractivity (Wildman–Crippen MR) is 87.2 cm³/mol. The molecule has 2 aromatic rings. The molecule has 3 rings (SSSR count). The number of aromatic nitrogens is 1. The summed E-state index contributed by atoms with van der Waals surface area (Å²) in [5.41, 5.74) is 2.97. The first-order chi connectivity index (χ1) is 10.1. The number of hydrogen-bond acceptors (Lipinski definition) is 5. The van der Waals surface area contributed by atoms with Gasteiger partial charge in [-0.2, -0.15) is 9.64 Å². The summed E-state index contributed by atoms with van der Waals surface area (Å²) in [6.07, 6.45) is 0. The molecule has 0 saturated heterocycles. The van der Waals surface area contributed by atoms with Crippen LogP contribution in [0.2, 0.25) is 5.15 Å². The van der Waals surface area contributed by atoms with Crippen LogP contribution < -0.4 is 9.80 Å². The lowest BCUT2D eigenvalue weighted by molar-refractivity contribution is 0.648. The maximum Gasteiger partial charge on any atom is 0.162 e. The van der Waals surface area contributed by atoms with Crippen LogP contribution in [0.1, 0.15) is 18.1 Å². The second-order valence-corrected chi connectivity index (χ2v) is 6.36. The van der Waals surface area contributed by atoms with Crippen molar-refractivity contribution in [2.75, 3.05) is 23.4 Å². The van der Waals surface area contributed by atoms with Gasteiger partial charge in [0.1, 0.15) is 16.6 Å². The van der Waals surface area contributed by atoms with E-state index in [-0.39, 0.29) is 6.04 Å². The van der Waals surface area contributed by atoms with Crippen molar-refractivity contribution in [1.29, 1.82) is 5.26 Å². The molecule has 0 N–H and O–H groups in total. The van der Waals surface area contributed by atoms with Gasteiger partial charge in [0.05, 0.1) is 0 Å².